The van der Waals surface area contributed by atoms with Crippen molar-refractivity contribution in [1.29, 1.82) is 0 Å². The van der Waals surface area contributed by atoms with Crippen LogP contribution in [0.5, 0.6) is 5.75 Å². The predicted molar refractivity (Wildman–Crippen MR) is 68.3 cm³/mol. The third kappa shape index (κ3) is 2.55. The molecule has 1 aromatic heterocycles. The molecule has 0 fully saturated rings. The van der Waals surface area contributed by atoms with Crippen LogP contribution in [0.2, 0.25) is 0 Å². The van der Waals surface area contributed by atoms with Crippen molar-refractivity contribution in [3.05, 3.63) is 23.0 Å². The Morgan fingerprint density at radius 1 is 1.19 bits per heavy atom. The molecule has 1 aromatic rings. The second-order valence-corrected chi connectivity index (χ2v) is 4.78. The second-order valence-electron chi connectivity index (χ2n) is 4.78. The monoisotopic (exact) mass is 221 g/mol. The highest BCUT2D eigenvalue weighted by atomic mass is 16.5. The molecule has 0 aliphatic rings. The molecule has 1 rings (SSSR count). The average Bonchev–Trinajstić information content (AvgIpc) is 2.26. The molecule has 90 valence electrons. The van der Waals surface area contributed by atoms with Crippen LogP contribution < -0.4 is 4.74 Å². The number of hydrogen-bond donors (Lipinski definition) is 0. The van der Waals surface area contributed by atoms with Crippen molar-refractivity contribution in [3.8, 4) is 5.75 Å². The van der Waals surface area contributed by atoms with Crippen molar-refractivity contribution < 1.29 is 4.74 Å². The van der Waals surface area contributed by atoms with Gasteiger partial charge < -0.3 is 4.74 Å². The highest BCUT2D eigenvalue weighted by molar-refractivity contribution is 5.40. The van der Waals surface area contributed by atoms with Crippen molar-refractivity contribution in [1.82, 2.24) is 4.98 Å². The average molecular weight is 221 g/mol. The maximum atomic E-state index is 5.48. The third-order valence-electron chi connectivity index (χ3n) is 2.85. The second kappa shape index (κ2) is 5.33. The van der Waals surface area contributed by atoms with Gasteiger partial charge in [0.05, 0.1) is 12.8 Å². The van der Waals surface area contributed by atoms with E-state index < -0.39 is 0 Å². The first-order chi connectivity index (χ1) is 7.51. The van der Waals surface area contributed by atoms with Gasteiger partial charge in [0, 0.05) is 17.3 Å². The molecule has 0 aliphatic heterocycles. The number of methoxy groups -OCH3 is 1. The van der Waals surface area contributed by atoms with Crippen LogP contribution in [0.3, 0.4) is 0 Å². The quantitative estimate of drug-likeness (QED) is 0.769. The molecular formula is C14H23NO. The summed E-state index contributed by atoms with van der Waals surface area (Å²) >= 11 is 0. The Balaban J connectivity index is 3.37. The molecular weight excluding hydrogens is 198 g/mol. The van der Waals surface area contributed by atoms with E-state index in [1.807, 2.05) is 0 Å². The van der Waals surface area contributed by atoms with Crippen molar-refractivity contribution in [2.75, 3.05) is 7.11 Å². The summed E-state index contributed by atoms with van der Waals surface area (Å²) in [6.45, 7) is 10.9. The first-order valence-corrected chi connectivity index (χ1v) is 6.08. The summed E-state index contributed by atoms with van der Waals surface area (Å²) in [4.78, 5) is 4.77. The molecule has 2 nitrogen and oxygen atoms in total. The van der Waals surface area contributed by atoms with Crippen LogP contribution >= 0.6 is 0 Å². The summed E-state index contributed by atoms with van der Waals surface area (Å²) in [5, 5.41) is 0. The zero-order valence-electron chi connectivity index (χ0n) is 11.3. The van der Waals surface area contributed by atoms with Crippen molar-refractivity contribution in [2.24, 2.45) is 0 Å². The van der Waals surface area contributed by atoms with Crippen molar-refractivity contribution >= 4 is 0 Å². The van der Waals surface area contributed by atoms with Gasteiger partial charge in [-0.1, -0.05) is 34.6 Å². The lowest BCUT2D eigenvalue weighted by atomic mass is 9.98. The first-order valence-electron chi connectivity index (χ1n) is 6.08. The van der Waals surface area contributed by atoms with Crippen LogP contribution in [0.1, 0.15) is 63.4 Å². The van der Waals surface area contributed by atoms with Gasteiger partial charge in [0.2, 0.25) is 0 Å². The maximum absolute atomic E-state index is 5.48. The fourth-order valence-electron chi connectivity index (χ4n) is 1.90. The van der Waals surface area contributed by atoms with Crippen LogP contribution in [0.25, 0.3) is 0 Å². The molecule has 0 radical (unpaired) electrons. The smallest absolute Gasteiger partial charge is 0.125 e. The summed E-state index contributed by atoms with van der Waals surface area (Å²) in [5.74, 6) is 1.88. The Bertz CT molecular complexity index is 356. The third-order valence-corrected chi connectivity index (χ3v) is 2.85. The number of hydrogen-bond acceptors (Lipinski definition) is 2. The highest BCUT2D eigenvalue weighted by Crippen LogP contribution is 2.30. The molecule has 0 unspecified atom stereocenters. The number of nitrogens with zero attached hydrogens (tertiary/aromatic N) is 1. The minimum absolute atomic E-state index is 0.442. The SMILES string of the molecule is CCc1c(OC)cc(C(C)C)nc1C(C)C. The summed E-state index contributed by atoms with van der Waals surface area (Å²) in [7, 11) is 1.74. The van der Waals surface area contributed by atoms with Crippen LogP contribution in [-0.4, -0.2) is 12.1 Å². The van der Waals surface area contributed by atoms with Gasteiger partial charge in [0.25, 0.3) is 0 Å². The maximum Gasteiger partial charge on any atom is 0.125 e. The Hall–Kier alpha value is -1.05. The number of ether oxygens (including phenoxy) is 1. The van der Waals surface area contributed by atoms with E-state index in [2.05, 4.69) is 40.7 Å². The summed E-state index contributed by atoms with van der Waals surface area (Å²) in [6, 6.07) is 2.08. The van der Waals surface area contributed by atoms with E-state index >= 15 is 0 Å². The molecule has 1 heterocycles. The van der Waals surface area contributed by atoms with Crippen LogP contribution in [0.15, 0.2) is 6.07 Å². The zero-order valence-corrected chi connectivity index (χ0v) is 11.3. The first kappa shape index (κ1) is 13.0. The van der Waals surface area contributed by atoms with E-state index in [1.165, 1.54) is 11.3 Å². The van der Waals surface area contributed by atoms with E-state index in [-0.39, 0.29) is 0 Å². The van der Waals surface area contributed by atoms with Gasteiger partial charge in [-0.2, -0.15) is 0 Å². The molecule has 0 atom stereocenters. The van der Waals surface area contributed by atoms with Crippen LogP contribution in [0.4, 0.5) is 0 Å². The van der Waals surface area contributed by atoms with Gasteiger partial charge in [-0.15, -0.1) is 0 Å². The van der Waals surface area contributed by atoms with Gasteiger partial charge in [-0.05, 0) is 18.3 Å². The van der Waals surface area contributed by atoms with Gasteiger partial charge in [-0.3, -0.25) is 4.98 Å². The lowest BCUT2D eigenvalue weighted by molar-refractivity contribution is 0.406. The van der Waals surface area contributed by atoms with E-state index in [0.717, 1.165) is 17.9 Å². The van der Waals surface area contributed by atoms with E-state index in [1.54, 1.807) is 7.11 Å². The van der Waals surface area contributed by atoms with Crippen molar-refractivity contribution in [3.63, 3.8) is 0 Å². The Labute approximate surface area is 99.0 Å². The molecule has 0 saturated carbocycles. The van der Waals surface area contributed by atoms with E-state index in [4.69, 9.17) is 9.72 Å². The number of pyridine rings is 1. The van der Waals surface area contributed by atoms with E-state index in [9.17, 15) is 0 Å². The summed E-state index contributed by atoms with van der Waals surface area (Å²) in [5.41, 5.74) is 3.56. The largest absolute Gasteiger partial charge is 0.496 e. The molecule has 0 bridgehead atoms. The fourth-order valence-corrected chi connectivity index (χ4v) is 1.90. The van der Waals surface area contributed by atoms with Gasteiger partial charge in [0.1, 0.15) is 5.75 Å². The molecule has 0 amide bonds. The Morgan fingerprint density at radius 3 is 2.19 bits per heavy atom. The lowest BCUT2D eigenvalue weighted by Gasteiger charge is -2.17. The fraction of sp³-hybridized carbons (Fsp3) is 0.643. The minimum atomic E-state index is 0.442. The molecule has 0 aromatic carbocycles. The number of rotatable bonds is 4. The summed E-state index contributed by atoms with van der Waals surface area (Å²) < 4.78 is 5.48. The standard InChI is InChI=1S/C14H23NO/c1-7-11-13(16-6)8-12(9(2)3)15-14(11)10(4)5/h8-10H,7H2,1-6H3. The minimum Gasteiger partial charge on any atom is -0.496 e. The Morgan fingerprint density at radius 2 is 1.81 bits per heavy atom. The number of aromatic nitrogens is 1. The molecule has 0 aliphatic carbocycles. The van der Waals surface area contributed by atoms with Gasteiger partial charge in [0.15, 0.2) is 0 Å². The van der Waals surface area contributed by atoms with Crippen molar-refractivity contribution in [2.45, 2.75) is 52.9 Å². The summed E-state index contributed by atoms with van der Waals surface area (Å²) in [6.07, 6.45) is 0.974. The molecule has 2 heteroatoms. The predicted octanol–water partition coefficient (Wildman–Crippen LogP) is 3.90. The molecule has 16 heavy (non-hydrogen) atoms. The normalized spacial score (nSPS) is 11.2. The lowest BCUT2D eigenvalue weighted by Crippen LogP contribution is -2.06. The highest BCUT2D eigenvalue weighted by Gasteiger charge is 2.15. The molecule has 0 N–H and O–H groups in total. The molecule has 0 spiro atoms. The van der Waals surface area contributed by atoms with Gasteiger partial charge in [-0.25, -0.2) is 0 Å². The topological polar surface area (TPSA) is 22.1 Å². The van der Waals surface area contributed by atoms with Crippen LogP contribution in [-0.2, 0) is 6.42 Å². The zero-order chi connectivity index (χ0) is 12.3. The van der Waals surface area contributed by atoms with Gasteiger partial charge >= 0.3 is 0 Å². The molecule has 0 saturated heterocycles. The Kier molecular flexibility index (Phi) is 4.34. The van der Waals surface area contributed by atoms with Crippen LogP contribution in [0, 0.1) is 0 Å². The van der Waals surface area contributed by atoms with E-state index in [0.29, 0.717) is 11.8 Å².